The van der Waals surface area contributed by atoms with Crippen molar-refractivity contribution in [1.29, 1.82) is 0 Å². The minimum absolute atomic E-state index is 0.0333. The maximum absolute atomic E-state index is 14.3. The topological polar surface area (TPSA) is 96.8 Å². The Morgan fingerprint density at radius 2 is 1.93 bits per heavy atom. The van der Waals surface area contributed by atoms with Crippen LogP contribution in [-0.4, -0.2) is 51.3 Å². The third kappa shape index (κ3) is 6.00. The van der Waals surface area contributed by atoms with Crippen LogP contribution in [0.15, 0.2) is 60.7 Å². The average molecular weight is 587 g/mol. The lowest BCUT2D eigenvalue weighted by molar-refractivity contribution is -0.147. The Morgan fingerprint density at radius 3 is 2.71 bits per heavy atom. The van der Waals surface area contributed by atoms with Gasteiger partial charge >= 0.3 is 5.97 Å². The molecule has 2 aliphatic heterocycles. The first kappa shape index (κ1) is 28.6. The number of para-hydroxylation sites is 1. The molecule has 3 aromatic rings. The fourth-order valence-corrected chi connectivity index (χ4v) is 7.54. The largest absolute Gasteiger partial charge is 0.481 e. The number of benzene rings is 2. The van der Waals surface area contributed by atoms with Crippen molar-refractivity contribution in [3.05, 3.63) is 71.8 Å². The molecule has 8 heteroatoms. The summed E-state index contributed by atoms with van der Waals surface area (Å²) in [4.78, 5) is 46.9. The van der Waals surface area contributed by atoms with Gasteiger partial charge in [0.05, 0.1) is 28.2 Å². The van der Waals surface area contributed by atoms with Gasteiger partial charge in [-0.2, -0.15) is 0 Å². The molecule has 2 aromatic carbocycles. The molecule has 1 saturated heterocycles. The second kappa shape index (κ2) is 12.0. The Hall–Kier alpha value is -3.52. The van der Waals surface area contributed by atoms with Crippen LogP contribution >= 0.6 is 11.3 Å². The average Bonchev–Trinajstić information content (AvgIpc) is 3.29. The summed E-state index contributed by atoms with van der Waals surface area (Å²) in [6.07, 6.45) is 9.60. The van der Waals surface area contributed by atoms with Crippen LogP contribution < -0.4 is 4.74 Å². The number of aryl methyl sites for hydroxylation is 1. The second-order valence-corrected chi connectivity index (χ2v) is 13.3. The number of ether oxygens (including phenoxy) is 1. The SMILES string of the molecule is Cc1ccc(C[C@H]2CCCCC/C=C\[C@H]3C[C@@]3(C(=O)O)CC(=O)[C@@H]3C[C@@H](Oc4nc5ccccc5s4)CN3C2=O)cc1. The first-order valence-corrected chi connectivity index (χ1v) is 15.9. The number of carbonyl (C=O) groups excluding carboxylic acids is 2. The van der Waals surface area contributed by atoms with Crippen molar-refractivity contribution in [2.45, 2.75) is 76.9 Å². The number of carbonyl (C=O) groups is 3. The van der Waals surface area contributed by atoms with Crippen molar-refractivity contribution in [3.63, 3.8) is 0 Å². The molecular formula is C34H38N2O5S. The van der Waals surface area contributed by atoms with Crippen LogP contribution in [0.3, 0.4) is 0 Å². The van der Waals surface area contributed by atoms with Crippen molar-refractivity contribution < 1.29 is 24.2 Å². The van der Waals surface area contributed by atoms with E-state index in [0.717, 1.165) is 47.9 Å². The molecule has 5 atom stereocenters. The van der Waals surface area contributed by atoms with Crippen LogP contribution in [0.5, 0.6) is 5.19 Å². The predicted molar refractivity (Wildman–Crippen MR) is 163 cm³/mol. The Labute approximate surface area is 250 Å². The van der Waals surface area contributed by atoms with Gasteiger partial charge in [0.15, 0.2) is 5.78 Å². The Bertz CT molecular complexity index is 1460. The second-order valence-electron chi connectivity index (χ2n) is 12.3. The van der Waals surface area contributed by atoms with E-state index in [9.17, 15) is 19.5 Å². The normalized spacial score (nSPS) is 29.3. The maximum Gasteiger partial charge on any atom is 0.310 e. The van der Waals surface area contributed by atoms with E-state index in [1.165, 1.54) is 16.9 Å². The lowest BCUT2D eigenvalue weighted by Crippen LogP contribution is -2.45. The third-order valence-corrected chi connectivity index (χ3v) is 10.2. The number of aliphatic carboxylic acids is 1. The van der Waals surface area contributed by atoms with E-state index < -0.39 is 23.5 Å². The zero-order chi connectivity index (χ0) is 29.3. The summed E-state index contributed by atoms with van der Waals surface area (Å²) in [5, 5.41) is 10.7. The first-order valence-electron chi connectivity index (χ1n) is 15.1. The molecule has 3 aliphatic rings. The van der Waals surface area contributed by atoms with Crippen molar-refractivity contribution in [1.82, 2.24) is 9.88 Å². The predicted octanol–water partition coefficient (Wildman–Crippen LogP) is 6.38. The standard InChI is InChI=1S/C34H38N2O5S/c1-22-13-15-23(16-14-22)17-24-9-5-3-2-4-6-10-25-19-34(25,32(39)40)20-29(37)28-18-26(21-36(28)31(24)38)41-33-35-27-11-7-8-12-30(27)42-33/h6-8,10-16,24-26,28H,2-5,9,17-21H2,1H3,(H,39,40)/b10-6-/t24-,25+,26-,28+,34-/m1/s1. The van der Waals surface area contributed by atoms with Crippen molar-refractivity contribution in [2.24, 2.45) is 17.3 Å². The van der Waals surface area contributed by atoms with Gasteiger partial charge in [-0.15, -0.1) is 0 Å². The van der Waals surface area contributed by atoms with Crippen LogP contribution in [0, 0.1) is 24.2 Å². The number of rotatable bonds is 5. The number of Topliss-reactive ketones (excluding diaryl/α,β-unsaturated/α-hetero) is 1. The number of nitrogens with zero attached hydrogens (tertiary/aromatic N) is 2. The lowest BCUT2D eigenvalue weighted by atomic mass is 9.90. The summed E-state index contributed by atoms with van der Waals surface area (Å²) in [7, 11) is 0. The fourth-order valence-electron chi connectivity index (χ4n) is 6.66. The molecule has 2 fully saturated rings. The molecule has 6 rings (SSSR count). The number of hydrogen-bond donors (Lipinski definition) is 1. The van der Waals surface area contributed by atoms with E-state index >= 15 is 0 Å². The number of allylic oxidation sites excluding steroid dienone is 2. The summed E-state index contributed by atoms with van der Waals surface area (Å²) in [6.45, 7) is 2.34. The van der Waals surface area contributed by atoms with Crippen LogP contribution in [0.4, 0.5) is 0 Å². The van der Waals surface area contributed by atoms with E-state index in [1.807, 2.05) is 37.3 Å². The molecule has 3 heterocycles. The molecule has 1 aromatic heterocycles. The molecule has 1 N–H and O–H groups in total. The molecule has 1 amide bonds. The van der Waals surface area contributed by atoms with Crippen molar-refractivity contribution in [2.75, 3.05) is 6.54 Å². The van der Waals surface area contributed by atoms with Gasteiger partial charge in [-0.05, 0) is 62.6 Å². The molecule has 220 valence electrons. The minimum atomic E-state index is -1.07. The van der Waals surface area contributed by atoms with Gasteiger partial charge in [-0.25, -0.2) is 4.98 Å². The van der Waals surface area contributed by atoms with E-state index in [0.29, 0.717) is 31.0 Å². The summed E-state index contributed by atoms with van der Waals surface area (Å²) in [5.74, 6) is -1.54. The highest BCUT2D eigenvalue weighted by atomic mass is 32.1. The van der Waals surface area contributed by atoms with Gasteiger partial charge in [0, 0.05) is 18.8 Å². The first-order chi connectivity index (χ1) is 20.3. The number of hydrogen-bond acceptors (Lipinski definition) is 6. The van der Waals surface area contributed by atoms with Crippen molar-refractivity contribution >= 4 is 39.2 Å². The quantitative estimate of drug-likeness (QED) is 0.349. The van der Waals surface area contributed by atoms with Crippen LogP contribution in [-0.2, 0) is 20.8 Å². The number of carboxylic acid groups (broad SMARTS) is 1. The monoisotopic (exact) mass is 586 g/mol. The third-order valence-electron chi connectivity index (χ3n) is 9.25. The molecule has 42 heavy (non-hydrogen) atoms. The van der Waals surface area contributed by atoms with Gasteiger partial charge < -0.3 is 14.7 Å². The summed E-state index contributed by atoms with van der Waals surface area (Å²) in [6, 6.07) is 15.4. The van der Waals surface area contributed by atoms with Crippen LogP contribution in [0.1, 0.15) is 62.5 Å². The van der Waals surface area contributed by atoms with E-state index in [2.05, 4.69) is 35.3 Å². The Morgan fingerprint density at radius 1 is 1.12 bits per heavy atom. The highest BCUT2D eigenvalue weighted by Crippen LogP contribution is 2.57. The zero-order valence-corrected chi connectivity index (χ0v) is 24.9. The van der Waals surface area contributed by atoms with E-state index in [-0.39, 0.29) is 29.9 Å². The molecule has 0 bridgehead atoms. The van der Waals surface area contributed by atoms with E-state index in [4.69, 9.17) is 4.74 Å². The number of carboxylic acids is 1. The Kier molecular flexibility index (Phi) is 8.17. The molecule has 0 radical (unpaired) electrons. The van der Waals surface area contributed by atoms with Gasteiger partial charge in [0.1, 0.15) is 6.10 Å². The highest BCUT2D eigenvalue weighted by Gasteiger charge is 2.61. The van der Waals surface area contributed by atoms with Crippen molar-refractivity contribution in [3.8, 4) is 5.19 Å². The number of amides is 1. The lowest BCUT2D eigenvalue weighted by Gasteiger charge is -2.29. The molecule has 0 spiro atoms. The number of aromatic nitrogens is 1. The molecule has 1 saturated carbocycles. The smallest absolute Gasteiger partial charge is 0.310 e. The van der Waals surface area contributed by atoms with Gasteiger partial charge in [0.25, 0.3) is 5.19 Å². The minimum Gasteiger partial charge on any atom is -0.481 e. The summed E-state index contributed by atoms with van der Waals surface area (Å²) < 4.78 is 7.32. The summed E-state index contributed by atoms with van der Waals surface area (Å²) in [5.41, 5.74) is 2.06. The number of fused-ring (bicyclic) bond motifs is 3. The van der Waals surface area contributed by atoms with Crippen LogP contribution in [0.2, 0.25) is 0 Å². The molecule has 7 nitrogen and oxygen atoms in total. The number of thiazole rings is 1. The Balaban J connectivity index is 1.28. The molecule has 0 unspecified atom stereocenters. The fraction of sp³-hybridized carbons (Fsp3) is 0.471. The van der Waals surface area contributed by atoms with Gasteiger partial charge in [-0.3, -0.25) is 14.4 Å². The van der Waals surface area contributed by atoms with Gasteiger partial charge in [0.2, 0.25) is 5.91 Å². The highest BCUT2D eigenvalue weighted by molar-refractivity contribution is 7.20. The van der Waals surface area contributed by atoms with Gasteiger partial charge in [-0.1, -0.05) is 78.3 Å². The van der Waals surface area contributed by atoms with Crippen LogP contribution in [0.25, 0.3) is 10.2 Å². The van der Waals surface area contributed by atoms with E-state index in [1.54, 1.807) is 4.90 Å². The maximum atomic E-state index is 14.3. The molecule has 1 aliphatic carbocycles. The molecular weight excluding hydrogens is 548 g/mol. The number of ketones is 1. The zero-order valence-electron chi connectivity index (χ0n) is 24.0. The summed E-state index contributed by atoms with van der Waals surface area (Å²) >= 11 is 1.45.